The van der Waals surface area contributed by atoms with E-state index >= 15 is 0 Å². The molecule has 0 aromatic carbocycles. The molecule has 0 amide bonds. The molecule has 1 unspecified atom stereocenters. The topological polar surface area (TPSA) is 48.9 Å². The molecule has 1 fully saturated rings. The number of aliphatic imine (C=N–C) groups is 1. The fraction of sp³-hybridized carbons (Fsp3) is 0.737. The molecule has 1 aromatic rings. The maximum atomic E-state index is 5.64. The molecule has 0 saturated carbocycles. The first-order chi connectivity index (χ1) is 12.2. The van der Waals surface area contributed by atoms with Gasteiger partial charge in [-0.05, 0) is 50.2 Å². The normalized spacial score (nSPS) is 16.5. The van der Waals surface area contributed by atoms with Gasteiger partial charge in [-0.1, -0.05) is 19.9 Å². The summed E-state index contributed by atoms with van der Waals surface area (Å²) in [5, 5.41) is 8.89. The Kier molecular flexibility index (Phi) is 12.5. The second-order valence-corrected chi connectivity index (χ2v) is 7.87. The van der Waals surface area contributed by atoms with Crippen molar-refractivity contribution in [2.75, 3.05) is 45.9 Å². The largest absolute Gasteiger partial charge is 0.379 e. The smallest absolute Gasteiger partial charge is 0.191 e. The van der Waals surface area contributed by atoms with Crippen molar-refractivity contribution in [2.45, 2.75) is 39.7 Å². The molecule has 2 rings (SSSR count). The Morgan fingerprint density at radius 1 is 1.31 bits per heavy atom. The lowest BCUT2D eigenvalue weighted by molar-refractivity contribution is 0.114. The van der Waals surface area contributed by atoms with E-state index in [4.69, 9.17) is 9.73 Å². The van der Waals surface area contributed by atoms with Crippen molar-refractivity contribution in [2.24, 2.45) is 10.9 Å². The average Bonchev–Trinajstić information content (AvgIpc) is 3.28. The molecule has 7 heteroatoms. The van der Waals surface area contributed by atoms with Crippen molar-refractivity contribution >= 4 is 41.3 Å². The Bertz CT molecular complexity index is 490. The third kappa shape index (κ3) is 8.54. The van der Waals surface area contributed by atoms with Crippen molar-refractivity contribution in [1.82, 2.24) is 15.5 Å². The van der Waals surface area contributed by atoms with Crippen LogP contribution in [0.25, 0.3) is 0 Å². The van der Waals surface area contributed by atoms with E-state index in [-0.39, 0.29) is 24.0 Å². The van der Waals surface area contributed by atoms with Gasteiger partial charge in [-0.3, -0.25) is 9.89 Å². The Hall–Kier alpha value is -0.380. The number of hydrogen-bond donors (Lipinski definition) is 2. The second-order valence-electron chi connectivity index (χ2n) is 6.89. The van der Waals surface area contributed by atoms with Gasteiger partial charge in [0.05, 0.1) is 19.2 Å². The number of thiophene rings is 1. The summed E-state index contributed by atoms with van der Waals surface area (Å²) in [6.45, 7) is 12.8. The van der Waals surface area contributed by atoms with Crippen LogP contribution in [0.4, 0.5) is 0 Å². The standard InChI is InChI=1S/C19H34N4OS.HI/c1-4-20-19(21-9-12-24-15-16(2)3)22-14-17(18-8-7-13-25-18)23-10-5-6-11-23;/h7-8,13,16-17H,4-6,9-12,14-15H2,1-3H3,(H2,20,21,22);1H. The Morgan fingerprint density at radius 3 is 2.69 bits per heavy atom. The van der Waals surface area contributed by atoms with E-state index < -0.39 is 0 Å². The van der Waals surface area contributed by atoms with E-state index in [9.17, 15) is 0 Å². The number of ether oxygens (including phenoxy) is 1. The van der Waals surface area contributed by atoms with Crippen LogP contribution >= 0.6 is 35.3 Å². The molecule has 2 N–H and O–H groups in total. The molecular formula is C19H35IN4OS. The zero-order valence-corrected chi connectivity index (χ0v) is 19.5. The number of hydrogen-bond acceptors (Lipinski definition) is 4. The minimum atomic E-state index is 0. The van der Waals surface area contributed by atoms with Gasteiger partial charge < -0.3 is 15.4 Å². The molecule has 2 heterocycles. The predicted molar refractivity (Wildman–Crippen MR) is 123 cm³/mol. The summed E-state index contributed by atoms with van der Waals surface area (Å²) in [6.07, 6.45) is 2.61. The van der Waals surface area contributed by atoms with Crippen LogP contribution in [-0.4, -0.2) is 56.8 Å². The van der Waals surface area contributed by atoms with Gasteiger partial charge in [-0.2, -0.15) is 0 Å². The number of halogens is 1. The average molecular weight is 494 g/mol. The van der Waals surface area contributed by atoms with Gasteiger partial charge in [-0.15, -0.1) is 35.3 Å². The van der Waals surface area contributed by atoms with Gasteiger partial charge in [-0.25, -0.2) is 0 Å². The third-order valence-electron chi connectivity index (χ3n) is 4.21. The molecule has 0 spiro atoms. The van der Waals surface area contributed by atoms with Crippen molar-refractivity contribution in [3.63, 3.8) is 0 Å². The van der Waals surface area contributed by atoms with Crippen LogP contribution in [0.5, 0.6) is 0 Å². The SMILES string of the molecule is CCNC(=NCC(c1cccs1)N1CCCC1)NCCOCC(C)C.I. The first-order valence-electron chi connectivity index (χ1n) is 9.58. The van der Waals surface area contributed by atoms with Crippen molar-refractivity contribution < 1.29 is 4.74 Å². The van der Waals surface area contributed by atoms with Crippen LogP contribution in [0.15, 0.2) is 22.5 Å². The molecule has 0 bridgehead atoms. The highest BCUT2D eigenvalue weighted by atomic mass is 127. The van der Waals surface area contributed by atoms with E-state index in [0.717, 1.165) is 32.2 Å². The second kappa shape index (κ2) is 13.7. The summed E-state index contributed by atoms with van der Waals surface area (Å²) in [4.78, 5) is 8.84. The van der Waals surface area contributed by atoms with Crippen molar-refractivity contribution in [3.05, 3.63) is 22.4 Å². The van der Waals surface area contributed by atoms with Crippen LogP contribution < -0.4 is 10.6 Å². The summed E-state index contributed by atoms with van der Waals surface area (Å²) in [7, 11) is 0. The van der Waals surface area contributed by atoms with Crippen LogP contribution in [0, 0.1) is 5.92 Å². The minimum Gasteiger partial charge on any atom is -0.379 e. The molecule has 1 aromatic heterocycles. The van der Waals surface area contributed by atoms with E-state index in [0.29, 0.717) is 18.6 Å². The Morgan fingerprint density at radius 2 is 2.08 bits per heavy atom. The fourth-order valence-corrected chi connectivity index (χ4v) is 3.85. The molecule has 5 nitrogen and oxygen atoms in total. The maximum Gasteiger partial charge on any atom is 0.191 e. The molecule has 0 aliphatic carbocycles. The van der Waals surface area contributed by atoms with E-state index in [2.05, 4.69) is 53.8 Å². The van der Waals surface area contributed by atoms with Crippen molar-refractivity contribution in [1.29, 1.82) is 0 Å². The highest BCUT2D eigenvalue weighted by Crippen LogP contribution is 2.28. The molecule has 1 aliphatic rings. The third-order valence-corrected chi connectivity index (χ3v) is 5.18. The summed E-state index contributed by atoms with van der Waals surface area (Å²) in [6, 6.07) is 4.78. The van der Waals surface area contributed by atoms with Crippen LogP contribution in [0.1, 0.15) is 44.5 Å². The van der Waals surface area contributed by atoms with Gasteiger partial charge in [0.25, 0.3) is 0 Å². The van der Waals surface area contributed by atoms with Crippen molar-refractivity contribution in [3.8, 4) is 0 Å². The molecule has 26 heavy (non-hydrogen) atoms. The number of guanidine groups is 1. The molecule has 150 valence electrons. The lowest BCUT2D eigenvalue weighted by Gasteiger charge is -2.25. The number of rotatable bonds is 10. The summed E-state index contributed by atoms with van der Waals surface area (Å²) >= 11 is 1.84. The summed E-state index contributed by atoms with van der Waals surface area (Å²) in [5.41, 5.74) is 0. The molecular weight excluding hydrogens is 459 g/mol. The zero-order chi connectivity index (χ0) is 17.9. The Balaban J connectivity index is 0.00000338. The first-order valence-corrected chi connectivity index (χ1v) is 10.5. The van der Waals surface area contributed by atoms with E-state index in [1.54, 1.807) is 0 Å². The molecule has 0 radical (unpaired) electrons. The minimum absolute atomic E-state index is 0. The highest BCUT2D eigenvalue weighted by molar-refractivity contribution is 14.0. The quantitative estimate of drug-likeness (QED) is 0.225. The summed E-state index contributed by atoms with van der Waals surface area (Å²) in [5.74, 6) is 1.46. The number of nitrogens with zero attached hydrogens (tertiary/aromatic N) is 2. The van der Waals surface area contributed by atoms with Gasteiger partial charge in [0.15, 0.2) is 5.96 Å². The zero-order valence-electron chi connectivity index (χ0n) is 16.4. The van der Waals surface area contributed by atoms with Gasteiger partial charge in [0.2, 0.25) is 0 Å². The lowest BCUT2D eigenvalue weighted by atomic mass is 10.2. The Labute approximate surface area is 180 Å². The monoisotopic (exact) mass is 494 g/mol. The summed E-state index contributed by atoms with van der Waals surface area (Å²) < 4.78 is 5.64. The predicted octanol–water partition coefficient (Wildman–Crippen LogP) is 3.73. The fourth-order valence-electron chi connectivity index (χ4n) is 3.00. The first kappa shape index (κ1) is 23.7. The van der Waals surface area contributed by atoms with Gasteiger partial charge in [0, 0.05) is 24.6 Å². The van der Waals surface area contributed by atoms with Crippen LogP contribution in [-0.2, 0) is 4.74 Å². The van der Waals surface area contributed by atoms with Crippen LogP contribution in [0.2, 0.25) is 0 Å². The molecule has 1 atom stereocenters. The van der Waals surface area contributed by atoms with E-state index in [1.165, 1.54) is 30.8 Å². The number of likely N-dealkylation sites (tertiary alicyclic amines) is 1. The lowest BCUT2D eigenvalue weighted by Crippen LogP contribution is -2.40. The van der Waals surface area contributed by atoms with Crippen LogP contribution in [0.3, 0.4) is 0 Å². The van der Waals surface area contributed by atoms with E-state index in [1.807, 2.05) is 11.3 Å². The maximum absolute atomic E-state index is 5.64. The number of nitrogens with one attached hydrogen (secondary N) is 2. The van der Waals surface area contributed by atoms with Gasteiger partial charge in [0.1, 0.15) is 0 Å². The molecule has 1 aliphatic heterocycles. The highest BCUT2D eigenvalue weighted by Gasteiger charge is 2.24. The molecule has 1 saturated heterocycles. The van der Waals surface area contributed by atoms with Gasteiger partial charge >= 0.3 is 0 Å².